The molecule has 1 unspecified atom stereocenters. The zero-order chi connectivity index (χ0) is 14.6. The van der Waals surface area contributed by atoms with Crippen LogP contribution in [0, 0.1) is 21.1 Å². The summed E-state index contributed by atoms with van der Waals surface area (Å²) in [4.78, 5) is 12.0. The minimum absolute atomic E-state index is 0.127. The Kier molecular flexibility index (Phi) is 6.12. The van der Waals surface area contributed by atoms with Crippen molar-refractivity contribution < 1.29 is 13.6 Å². The highest BCUT2D eigenvalue weighted by molar-refractivity contribution is 14.1. The fourth-order valence-electron chi connectivity index (χ4n) is 1.74. The van der Waals surface area contributed by atoms with E-state index in [4.69, 9.17) is 5.73 Å². The number of halogens is 3. The van der Waals surface area contributed by atoms with Crippen LogP contribution in [0.25, 0.3) is 0 Å². The molecule has 0 aliphatic rings. The second-order valence-electron chi connectivity index (χ2n) is 4.78. The van der Waals surface area contributed by atoms with Gasteiger partial charge in [0.1, 0.15) is 0 Å². The maximum Gasteiger partial charge on any atom is 0.252 e. The zero-order valence-corrected chi connectivity index (χ0v) is 13.0. The number of carbonyl (C=O) groups excluding carboxylic acids is 1. The van der Waals surface area contributed by atoms with Gasteiger partial charge in [-0.05, 0) is 47.1 Å². The van der Waals surface area contributed by atoms with Gasteiger partial charge in [0.25, 0.3) is 5.91 Å². The van der Waals surface area contributed by atoms with Crippen molar-refractivity contribution in [3.05, 3.63) is 32.9 Å². The molecule has 0 aliphatic heterocycles. The lowest BCUT2D eigenvalue weighted by Gasteiger charge is -2.19. The summed E-state index contributed by atoms with van der Waals surface area (Å²) in [7, 11) is 0. The minimum atomic E-state index is -1.03. The van der Waals surface area contributed by atoms with Crippen molar-refractivity contribution in [3.63, 3.8) is 0 Å². The van der Waals surface area contributed by atoms with E-state index < -0.39 is 17.5 Å². The fraction of sp³-hybridized carbons (Fsp3) is 0.462. The summed E-state index contributed by atoms with van der Waals surface area (Å²) >= 11 is 1.80. The Hall–Kier alpha value is -0.760. The Morgan fingerprint density at radius 2 is 1.95 bits per heavy atom. The predicted octanol–water partition coefficient (Wildman–Crippen LogP) is 2.67. The van der Waals surface area contributed by atoms with Crippen molar-refractivity contribution in [1.82, 2.24) is 5.32 Å². The molecule has 3 N–H and O–H groups in total. The van der Waals surface area contributed by atoms with E-state index in [0.717, 1.165) is 18.6 Å². The minimum Gasteiger partial charge on any atom is -0.348 e. The van der Waals surface area contributed by atoms with Crippen LogP contribution in [-0.4, -0.2) is 18.5 Å². The van der Waals surface area contributed by atoms with Crippen LogP contribution in [0.4, 0.5) is 8.78 Å². The summed E-state index contributed by atoms with van der Waals surface area (Å²) in [6.07, 6.45) is 0.739. The average Bonchev–Trinajstić information content (AvgIpc) is 2.32. The highest BCUT2D eigenvalue weighted by atomic mass is 127. The first-order chi connectivity index (χ1) is 8.85. The summed E-state index contributed by atoms with van der Waals surface area (Å²) in [5, 5.41) is 2.74. The van der Waals surface area contributed by atoms with E-state index in [1.54, 1.807) is 22.6 Å². The van der Waals surface area contributed by atoms with Crippen molar-refractivity contribution >= 4 is 28.5 Å². The molecule has 6 heteroatoms. The third kappa shape index (κ3) is 4.68. The molecule has 0 aromatic heterocycles. The monoisotopic (exact) mass is 382 g/mol. The van der Waals surface area contributed by atoms with E-state index >= 15 is 0 Å². The van der Waals surface area contributed by atoms with Crippen molar-refractivity contribution in [2.24, 2.45) is 11.7 Å². The van der Waals surface area contributed by atoms with Gasteiger partial charge < -0.3 is 11.1 Å². The van der Waals surface area contributed by atoms with E-state index in [1.807, 2.05) is 13.8 Å². The van der Waals surface area contributed by atoms with Gasteiger partial charge in [-0.25, -0.2) is 8.78 Å². The van der Waals surface area contributed by atoms with Crippen LogP contribution in [0.2, 0.25) is 0 Å². The standard InChI is InChI=1S/C13H17F2IN2O/c1-7(2)3-8(6-17)18-13(19)9-4-10(14)11(15)5-12(9)16/h4-5,7-8H,3,6,17H2,1-2H3,(H,18,19). The molecule has 3 nitrogen and oxygen atoms in total. The van der Waals surface area contributed by atoms with Gasteiger partial charge in [-0.1, -0.05) is 13.8 Å². The van der Waals surface area contributed by atoms with Crippen molar-refractivity contribution in [1.29, 1.82) is 0 Å². The molecule has 1 aromatic carbocycles. The van der Waals surface area contributed by atoms with Gasteiger partial charge in [-0.15, -0.1) is 0 Å². The molecular weight excluding hydrogens is 365 g/mol. The quantitative estimate of drug-likeness (QED) is 0.608. The molecule has 0 heterocycles. The Morgan fingerprint density at radius 3 is 2.47 bits per heavy atom. The van der Waals surface area contributed by atoms with E-state index in [9.17, 15) is 13.6 Å². The zero-order valence-electron chi connectivity index (χ0n) is 10.8. The number of nitrogens with one attached hydrogen (secondary N) is 1. The van der Waals surface area contributed by atoms with E-state index in [0.29, 0.717) is 16.0 Å². The van der Waals surface area contributed by atoms with Gasteiger partial charge in [-0.3, -0.25) is 4.79 Å². The van der Waals surface area contributed by atoms with E-state index in [2.05, 4.69) is 5.32 Å². The number of benzene rings is 1. The summed E-state index contributed by atoms with van der Waals surface area (Å²) in [6, 6.07) is 1.75. The highest BCUT2D eigenvalue weighted by Gasteiger charge is 2.18. The van der Waals surface area contributed by atoms with Crippen molar-refractivity contribution in [2.75, 3.05) is 6.54 Å². The number of hydrogen-bond acceptors (Lipinski definition) is 2. The summed E-state index contributed by atoms with van der Waals surface area (Å²) in [6.45, 7) is 4.36. The van der Waals surface area contributed by atoms with Crippen molar-refractivity contribution in [2.45, 2.75) is 26.3 Å². The summed E-state index contributed by atoms with van der Waals surface area (Å²) < 4.78 is 26.5. The average molecular weight is 382 g/mol. The summed E-state index contributed by atoms with van der Waals surface area (Å²) in [5.41, 5.74) is 5.72. The van der Waals surface area contributed by atoms with Crippen molar-refractivity contribution in [3.8, 4) is 0 Å². The molecule has 0 saturated heterocycles. The van der Waals surface area contributed by atoms with Crippen LogP contribution < -0.4 is 11.1 Å². The smallest absolute Gasteiger partial charge is 0.252 e. The van der Waals surface area contributed by atoms with Gasteiger partial charge in [0.2, 0.25) is 0 Å². The largest absolute Gasteiger partial charge is 0.348 e. The van der Waals surface area contributed by atoms with E-state index in [1.165, 1.54) is 0 Å². The number of nitrogens with two attached hydrogens (primary N) is 1. The first-order valence-corrected chi connectivity index (χ1v) is 7.08. The Morgan fingerprint density at radius 1 is 1.37 bits per heavy atom. The van der Waals surface area contributed by atoms with Gasteiger partial charge in [0, 0.05) is 16.2 Å². The van der Waals surface area contributed by atoms with E-state index in [-0.39, 0.29) is 11.6 Å². The van der Waals surface area contributed by atoms with Crippen LogP contribution in [0.3, 0.4) is 0 Å². The van der Waals surface area contributed by atoms with Crippen LogP contribution >= 0.6 is 22.6 Å². The topological polar surface area (TPSA) is 55.1 Å². The Labute approximate surface area is 125 Å². The highest BCUT2D eigenvalue weighted by Crippen LogP contribution is 2.17. The molecule has 1 atom stereocenters. The van der Waals surface area contributed by atoms with Gasteiger partial charge in [-0.2, -0.15) is 0 Å². The van der Waals surface area contributed by atoms with Gasteiger partial charge >= 0.3 is 0 Å². The number of hydrogen-bond donors (Lipinski definition) is 2. The number of carbonyl (C=O) groups is 1. The Balaban J connectivity index is 2.85. The Bertz CT molecular complexity index is 466. The maximum absolute atomic E-state index is 13.2. The van der Waals surface area contributed by atoms with Gasteiger partial charge in [0.05, 0.1) is 5.56 Å². The number of rotatable bonds is 5. The lowest BCUT2D eigenvalue weighted by Crippen LogP contribution is -2.41. The molecule has 0 fully saturated rings. The molecule has 0 spiro atoms. The first kappa shape index (κ1) is 16.3. The van der Waals surface area contributed by atoms with Gasteiger partial charge in [0.15, 0.2) is 11.6 Å². The lowest BCUT2D eigenvalue weighted by molar-refractivity contribution is 0.0932. The van der Waals surface area contributed by atoms with Crippen LogP contribution in [0.5, 0.6) is 0 Å². The number of amides is 1. The third-order valence-electron chi connectivity index (χ3n) is 2.63. The molecule has 1 rings (SSSR count). The maximum atomic E-state index is 13.2. The molecule has 19 heavy (non-hydrogen) atoms. The molecule has 106 valence electrons. The normalized spacial score (nSPS) is 12.6. The van der Waals surface area contributed by atoms with Crippen LogP contribution in [-0.2, 0) is 0 Å². The molecule has 0 radical (unpaired) electrons. The second kappa shape index (κ2) is 7.14. The molecule has 1 aromatic rings. The molecule has 0 aliphatic carbocycles. The van der Waals surface area contributed by atoms with Crippen LogP contribution in [0.15, 0.2) is 12.1 Å². The molecule has 1 amide bonds. The fourth-order valence-corrected chi connectivity index (χ4v) is 2.42. The first-order valence-electron chi connectivity index (χ1n) is 6.00. The molecule has 0 saturated carbocycles. The lowest BCUT2D eigenvalue weighted by atomic mass is 10.0. The molecular formula is C13H17F2IN2O. The van der Waals surface area contributed by atoms with Crippen LogP contribution in [0.1, 0.15) is 30.6 Å². The molecule has 0 bridgehead atoms. The third-order valence-corrected chi connectivity index (χ3v) is 3.52. The predicted molar refractivity (Wildman–Crippen MR) is 78.8 cm³/mol. The summed E-state index contributed by atoms with van der Waals surface area (Å²) in [5.74, 6) is -2.03. The SMILES string of the molecule is CC(C)CC(CN)NC(=O)c1cc(F)c(F)cc1I. The second-order valence-corrected chi connectivity index (χ2v) is 5.94.